The molecule has 0 bridgehead atoms. The SMILES string of the molecule is Cc1ccc(N2CCN(C3CCCNC3)S2(=O)=O)cc1. The van der Waals surface area contributed by atoms with Gasteiger partial charge in [0.15, 0.2) is 0 Å². The van der Waals surface area contributed by atoms with Crippen LogP contribution in [0.15, 0.2) is 24.3 Å². The molecule has 2 saturated heterocycles. The molecule has 6 heteroatoms. The van der Waals surface area contributed by atoms with E-state index in [4.69, 9.17) is 0 Å². The summed E-state index contributed by atoms with van der Waals surface area (Å²) in [5, 5.41) is 3.29. The average Bonchev–Trinajstić information content (AvgIpc) is 2.76. The van der Waals surface area contributed by atoms with Gasteiger partial charge in [-0.2, -0.15) is 12.7 Å². The maximum Gasteiger partial charge on any atom is 0.304 e. The number of rotatable bonds is 2. The van der Waals surface area contributed by atoms with Crippen molar-refractivity contribution in [1.29, 1.82) is 0 Å². The zero-order chi connectivity index (χ0) is 14.2. The molecule has 3 rings (SSSR count). The number of aryl methyl sites for hydroxylation is 1. The van der Waals surface area contributed by atoms with Crippen molar-refractivity contribution in [3.8, 4) is 0 Å². The summed E-state index contributed by atoms with van der Waals surface area (Å²) in [7, 11) is -3.37. The Bertz CT molecular complexity index is 565. The first-order chi connectivity index (χ1) is 9.59. The van der Waals surface area contributed by atoms with Gasteiger partial charge in [-0.1, -0.05) is 17.7 Å². The Hall–Kier alpha value is -1.11. The maximum atomic E-state index is 12.7. The second kappa shape index (κ2) is 5.35. The molecule has 0 aliphatic carbocycles. The number of nitrogens with zero attached hydrogens (tertiary/aromatic N) is 2. The summed E-state index contributed by atoms with van der Waals surface area (Å²) in [4.78, 5) is 0. The number of benzene rings is 1. The van der Waals surface area contributed by atoms with Crippen molar-refractivity contribution in [3.05, 3.63) is 29.8 Å². The molecular formula is C14H21N3O2S. The highest BCUT2D eigenvalue weighted by Crippen LogP contribution is 2.28. The average molecular weight is 295 g/mol. The fraction of sp³-hybridized carbons (Fsp3) is 0.571. The molecule has 5 nitrogen and oxygen atoms in total. The van der Waals surface area contributed by atoms with Gasteiger partial charge in [0.1, 0.15) is 0 Å². The van der Waals surface area contributed by atoms with Crippen LogP contribution in [0.3, 0.4) is 0 Å². The number of nitrogens with one attached hydrogen (secondary N) is 1. The van der Waals surface area contributed by atoms with Crippen LogP contribution in [0.1, 0.15) is 18.4 Å². The Labute approximate surface area is 120 Å². The van der Waals surface area contributed by atoms with Gasteiger partial charge in [0.2, 0.25) is 0 Å². The van der Waals surface area contributed by atoms with E-state index in [9.17, 15) is 8.42 Å². The van der Waals surface area contributed by atoms with Crippen LogP contribution in [0.25, 0.3) is 0 Å². The van der Waals surface area contributed by atoms with Crippen LogP contribution in [0.2, 0.25) is 0 Å². The van der Waals surface area contributed by atoms with Crippen LogP contribution < -0.4 is 9.62 Å². The van der Waals surface area contributed by atoms with E-state index in [1.165, 1.54) is 4.31 Å². The van der Waals surface area contributed by atoms with E-state index < -0.39 is 10.2 Å². The van der Waals surface area contributed by atoms with Gasteiger partial charge in [-0.15, -0.1) is 0 Å². The zero-order valence-electron chi connectivity index (χ0n) is 11.7. The molecule has 2 heterocycles. The van der Waals surface area contributed by atoms with Gasteiger partial charge >= 0.3 is 10.2 Å². The molecule has 1 aromatic rings. The number of piperidine rings is 1. The van der Waals surface area contributed by atoms with E-state index in [1.807, 2.05) is 31.2 Å². The highest BCUT2D eigenvalue weighted by atomic mass is 32.2. The van der Waals surface area contributed by atoms with Gasteiger partial charge in [-0.05, 0) is 38.4 Å². The third-order valence-corrected chi connectivity index (χ3v) is 6.12. The molecule has 2 fully saturated rings. The third kappa shape index (κ3) is 2.43. The summed E-state index contributed by atoms with van der Waals surface area (Å²) < 4.78 is 28.6. The highest BCUT2D eigenvalue weighted by molar-refractivity contribution is 7.90. The predicted molar refractivity (Wildman–Crippen MR) is 80.0 cm³/mol. The molecule has 0 aromatic heterocycles. The van der Waals surface area contributed by atoms with Crippen LogP contribution in [-0.4, -0.2) is 44.9 Å². The minimum absolute atomic E-state index is 0.101. The number of hydrogen-bond donors (Lipinski definition) is 1. The quantitative estimate of drug-likeness (QED) is 0.889. The Morgan fingerprint density at radius 1 is 1.20 bits per heavy atom. The van der Waals surface area contributed by atoms with Crippen molar-refractivity contribution >= 4 is 15.9 Å². The van der Waals surface area contributed by atoms with E-state index in [0.717, 1.165) is 37.2 Å². The summed E-state index contributed by atoms with van der Waals surface area (Å²) in [6.45, 7) is 4.89. The number of anilines is 1. The van der Waals surface area contributed by atoms with Gasteiger partial charge in [-0.3, -0.25) is 4.31 Å². The van der Waals surface area contributed by atoms with E-state index in [1.54, 1.807) is 4.31 Å². The topological polar surface area (TPSA) is 52.6 Å². The fourth-order valence-electron chi connectivity index (χ4n) is 2.97. The normalized spacial score (nSPS) is 26.9. The molecule has 0 spiro atoms. The standard InChI is InChI=1S/C14H21N3O2S/c1-12-4-6-13(7-5-12)16-9-10-17(20(16,18)19)14-3-2-8-15-11-14/h4-7,14-15H,2-3,8-11H2,1H3. The second-order valence-corrected chi connectivity index (χ2v) is 7.33. The molecule has 0 amide bonds. The zero-order valence-corrected chi connectivity index (χ0v) is 12.6. The Morgan fingerprint density at radius 2 is 1.95 bits per heavy atom. The molecule has 1 atom stereocenters. The van der Waals surface area contributed by atoms with Crippen LogP contribution in [0, 0.1) is 6.92 Å². The van der Waals surface area contributed by atoms with Crippen molar-refractivity contribution < 1.29 is 8.42 Å². The van der Waals surface area contributed by atoms with Crippen LogP contribution >= 0.6 is 0 Å². The summed E-state index contributed by atoms with van der Waals surface area (Å²) in [6, 6.07) is 7.78. The van der Waals surface area contributed by atoms with E-state index in [2.05, 4.69) is 5.32 Å². The molecule has 1 N–H and O–H groups in total. The minimum Gasteiger partial charge on any atom is -0.315 e. The molecule has 1 unspecified atom stereocenters. The van der Waals surface area contributed by atoms with Crippen LogP contribution in [0.4, 0.5) is 5.69 Å². The molecule has 0 saturated carbocycles. The van der Waals surface area contributed by atoms with E-state index in [0.29, 0.717) is 13.1 Å². The Balaban J connectivity index is 1.83. The lowest BCUT2D eigenvalue weighted by Gasteiger charge is -2.30. The van der Waals surface area contributed by atoms with Crippen molar-refractivity contribution in [2.75, 3.05) is 30.5 Å². The van der Waals surface area contributed by atoms with Crippen LogP contribution in [-0.2, 0) is 10.2 Å². The minimum atomic E-state index is -3.37. The van der Waals surface area contributed by atoms with Gasteiger partial charge in [0.05, 0.1) is 5.69 Å². The smallest absolute Gasteiger partial charge is 0.304 e. The molecule has 110 valence electrons. The predicted octanol–water partition coefficient (Wildman–Crippen LogP) is 1.11. The molecule has 1 aromatic carbocycles. The largest absolute Gasteiger partial charge is 0.315 e. The van der Waals surface area contributed by atoms with Gasteiger partial charge in [0.25, 0.3) is 0 Å². The molecule has 2 aliphatic heterocycles. The lowest BCUT2D eigenvalue weighted by molar-refractivity contribution is 0.284. The van der Waals surface area contributed by atoms with Crippen molar-refractivity contribution in [1.82, 2.24) is 9.62 Å². The summed E-state index contributed by atoms with van der Waals surface area (Å²) in [5.41, 5.74) is 1.90. The first-order valence-corrected chi connectivity index (χ1v) is 8.55. The maximum absolute atomic E-state index is 12.7. The van der Waals surface area contributed by atoms with Gasteiger partial charge in [0, 0.05) is 25.7 Å². The number of hydrogen-bond acceptors (Lipinski definition) is 3. The lowest BCUT2D eigenvalue weighted by atomic mass is 10.1. The van der Waals surface area contributed by atoms with Crippen molar-refractivity contribution in [3.63, 3.8) is 0 Å². The fourth-order valence-corrected chi connectivity index (χ4v) is 4.79. The highest BCUT2D eigenvalue weighted by Gasteiger charge is 2.41. The molecular weight excluding hydrogens is 274 g/mol. The molecule has 2 aliphatic rings. The first kappa shape index (κ1) is 13.9. The summed E-state index contributed by atoms with van der Waals surface area (Å²) in [5.74, 6) is 0. The van der Waals surface area contributed by atoms with Gasteiger partial charge in [-0.25, -0.2) is 0 Å². The van der Waals surface area contributed by atoms with E-state index >= 15 is 0 Å². The Morgan fingerprint density at radius 3 is 2.60 bits per heavy atom. The van der Waals surface area contributed by atoms with E-state index in [-0.39, 0.29) is 6.04 Å². The van der Waals surface area contributed by atoms with Crippen molar-refractivity contribution in [2.45, 2.75) is 25.8 Å². The van der Waals surface area contributed by atoms with Crippen LogP contribution in [0.5, 0.6) is 0 Å². The third-order valence-electron chi connectivity index (χ3n) is 4.10. The van der Waals surface area contributed by atoms with Crippen molar-refractivity contribution in [2.24, 2.45) is 0 Å². The summed E-state index contributed by atoms with van der Waals surface area (Å²) >= 11 is 0. The molecule has 0 radical (unpaired) electrons. The summed E-state index contributed by atoms with van der Waals surface area (Å²) in [6.07, 6.45) is 2.00. The second-order valence-electron chi connectivity index (χ2n) is 5.53. The first-order valence-electron chi connectivity index (χ1n) is 7.16. The molecule has 20 heavy (non-hydrogen) atoms. The lowest BCUT2D eigenvalue weighted by Crippen LogP contribution is -2.48. The Kier molecular flexibility index (Phi) is 3.70. The monoisotopic (exact) mass is 295 g/mol. The van der Waals surface area contributed by atoms with Gasteiger partial charge < -0.3 is 5.32 Å².